The summed E-state index contributed by atoms with van der Waals surface area (Å²) in [7, 11) is 3.15. The Morgan fingerprint density at radius 2 is 2.14 bits per heavy atom. The first-order chi connectivity index (χ1) is 13.5. The molecule has 3 rings (SSSR count). The van der Waals surface area contributed by atoms with Gasteiger partial charge in [-0.05, 0) is 30.5 Å². The number of hydrogen-bond acceptors (Lipinski definition) is 7. The lowest BCUT2D eigenvalue weighted by Crippen LogP contribution is -2.57. The Labute approximate surface area is 163 Å². The molecule has 150 valence electrons. The second-order valence-electron chi connectivity index (χ2n) is 7.02. The number of aliphatic carboxylic acids is 1. The fourth-order valence-corrected chi connectivity index (χ4v) is 3.67. The average molecular weight is 387 g/mol. The molecule has 8 nitrogen and oxygen atoms in total. The largest absolute Gasteiger partial charge is 0.497 e. The van der Waals surface area contributed by atoms with Gasteiger partial charge in [0.2, 0.25) is 0 Å². The Bertz CT molecular complexity index is 831. The molecule has 0 spiro atoms. The van der Waals surface area contributed by atoms with Gasteiger partial charge in [0.15, 0.2) is 0 Å². The third-order valence-electron chi connectivity index (χ3n) is 5.19. The smallest absolute Gasteiger partial charge is 0.314 e. The fraction of sp³-hybridized carbons (Fsp3) is 0.450. The topological polar surface area (TPSA) is 105 Å². The van der Waals surface area contributed by atoms with Gasteiger partial charge in [-0.3, -0.25) is 4.79 Å². The summed E-state index contributed by atoms with van der Waals surface area (Å²) in [6.45, 7) is 1.00. The normalized spacial score (nSPS) is 22.1. The molecule has 1 fully saturated rings. The van der Waals surface area contributed by atoms with Crippen molar-refractivity contribution in [1.82, 2.24) is 9.97 Å². The van der Waals surface area contributed by atoms with Gasteiger partial charge in [-0.2, -0.15) is 0 Å². The molecule has 1 aliphatic rings. The van der Waals surface area contributed by atoms with Crippen LogP contribution >= 0.6 is 0 Å². The SMILES string of the molecule is COCc1cc(N2CC[C@@H](O)[C@](Cc3cccc(OC)c3)(C(=O)O)C2)ncn1. The minimum absolute atomic E-state index is 0.143. The van der Waals surface area contributed by atoms with E-state index in [0.717, 1.165) is 5.56 Å². The quantitative estimate of drug-likeness (QED) is 0.737. The van der Waals surface area contributed by atoms with Crippen LogP contribution in [0, 0.1) is 5.41 Å². The van der Waals surface area contributed by atoms with Gasteiger partial charge in [0.1, 0.15) is 23.3 Å². The average Bonchev–Trinajstić information content (AvgIpc) is 2.70. The van der Waals surface area contributed by atoms with Gasteiger partial charge >= 0.3 is 5.97 Å². The van der Waals surface area contributed by atoms with Gasteiger partial charge in [0.25, 0.3) is 0 Å². The van der Waals surface area contributed by atoms with E-state index in [2.05, 4.69) is 9.97 Å². The van der Waals surface area contributed by atoms with Crippen LogP contribution in [0.25, 0.3) is 0 Å². The van der Waals surface area contributed by atoms with E-state index in [0.29, 0.717) is 36.8 Å². The predicted octanol–water partition coefficient (Wildman–Crippen LogP) is 1.52. The number of aromatic nitrogens is 2. The van der Waals surface area contributed by atoms with Crippen molar-refractivity contribution in [2.75, 3.05) is 32.2 Å². The first-order valence-electron chi connectivity index (χ1n) is 9.07. The summed E-state index contributed by atoms with van der Waals surface area (Å²) in [5.41, 5.74) is 0.162. The Hall–Kier alpha value is -2.71. The number of benzene rings is 1. The lowest BCUT2D eigenvalue weighted by molar-refractivity contribution is -0.157. The Morgan fingerprint density at radius 3 is 2.86 bits per heavy atom. The maximum atomic E-state index is 12.3. The lowest BCUT2D eigenvalue weighted by Gasteiger charge is -2.44. The zero-order chi connectivity index (χ0) is 20.1. The molecule has 0 amide bonds. The van der Waals surface area contributed by atoms with Crippen molar-refractivity contribution in [2.45, 2.75) is 25.6 Å². The van der Waals surface area contributed by atoms with E-state index in [4.69, 9.17) is 9.47 Å². The Morgan fingerprint density at radius 1 is 1.32 bits per heavy atom. The fourth-order valence-electron chi connectivity index (χ4n) is 3.67. The van der Waals surface area contributed by atoms with Crippen molar-refractivity contribution in [1.29, 1.82) is 0 Å². The number of rotatable bonds is 7. The number of carboxylic acids is 1. The molecule has 1 saturated heterocycles. The summed E-state index contributed by atoms with van der Waals surface area (Å²) in [5, 5.41) is 20.8. The highest BCUT2D eigenvalue weighted by atomic mass is 16.5. The molecule has 8 heteroatoms. The minimum atomic E-state index is -1.35. The Balaban J connectivity index is 1.90. The number of methoxy groups -OCH3 is 2. The summed E-state index contributed by atoms with van der Waals surface area (Å²) < 4.78 is 10.4. The molecule has 2 N–H and O–H groups in total. The van der Waals surface area contributed by atoms with Crippen LogP contribution in [-0.4, -0.2) is 59.6 Å². The summed E-state index contributed by atoms with van der Waals surface area (Å²) >= 11 is 0. The van der Waals surface area contributed by atoms with E-state index in [9.17, 15) is 15.0 Å². The first kappa shape index (κ1) is 20.0. The third kappa shape index (κ3) is 4.07. The minimum Gasteiger partial charge on any atom is -0.497 e. The van der Waals surface area contributed by atoms with Crippen molar-refractivity contribution in [2.24, 2.45) is 5.41 Å². The zero-order valence-corrected chi connectivity index (χ0v) is 16.0. The molecule has 0 unspecified atom stereocenters. The van der Waals surface area contributed by atoms with Gasteiger partial charge in [-0.15, -0.1) is 0 Å². The van der Waals surface area contributed by atoms with E-state index in [1.807, 2.05) is 17.0 Å². The highest BCUT2D eigenvalue weighted by Gasteiger charge is 2.49. The highest BCUT2D eigenvalue weighted by molar-refractivity contribution is 5.77. The van der Waals surface area contributed by atoms with E-state index in [1.54, 1.807) is 32.4 Å². The molecule has 2 heterocycles. The van der Waals surface area contributed by atoms with Crippen LogP contribution in [-0.2, 0) is 22.6 Å². The van der Waals surface area contributed by atoms with Gasteiger partial charge < -0.3 is 24.6 Å². The van der Waals surface area contributed by atoms with Crippen LogP contribution < -0.4 is 9.64 Å². The number of anilines is 1. The van der Waals surface area contributed by atoms with Crippen molar-refractivity contribution < 1.29 is 24.5 Å². The van der Waals surface area contributed by atoms with Crippen molar-refractivity contribution in [3.8, 4) is 5.75 Å². The summed E-state index contributed by atoms with van der Waals surface area (Å²) in [6, 6.07) is 9.06. The standard InChI is InChI=1S/C20H25N3O5/c1-27-11-15-9-18(22-13-21-15)23-7-6-17(24)20(12-23,19(25)26)10-14-4-3-5-16(8-14)28-2/h3-5,8-9,13,17,24H,6-7,10-12H2,1-2H3,(H,25,26)/t17-,20-/m1/s1. The summed E-state index contributed by atoms with van der Waals surface area (Å²) in [4.78, 5) is 22.7. The third-order valence-corrected chi connectivity index (χ3v) is 5.19. The number of carboxylic acid groups (broad SMARTS) is 1. The van der Waals surface area contributed by atoms with Gasteiger partial charge in [-0.25, -0.2) is 9.97 Å². The molecule has 0 aliphatic carbocycles. The molecular weight excluding hydrogens is 362 g/mol. The molecule has 2 aromatic rings. The first-order valence-corrected chi connectivity index (χ1v) is 9.07. The molecule has 1 aromatic carbocycles. The van der Waals surface area contributed by atoms with Crippen LogP contribution in [0.1, 0.15) is 17.7 Å². The molecule has 1 aromatic heterocycles. The molecule has 0 saturated carbocycles. The number of carbonyl (C=O) groups is 1. The van der Waals surface area contributed by atoms with Gasteiger partial charge in [-0.1, -0.05) is 12.1 Å². The zero-order valence-electron chi connectivity index (χ0n) is 16.0. The van der Waals surface area contributed by atoms with E-state index >= 15 is 0 Å². The number of piperidine rings is 1. The molecular formula is C20H25N3O5. The van der Waals surface area contributed by atoms with Gasteiger partial charge in [0.05, 0.1) is 25.5 Å². The lowest BCUT2D eigenvalue weighted by atomic mass is 9.73. The van der Waals surface area contributed by atoms with Crippen molar-refractivity contribution >= 4 is 11.8 Å². The van der Waals surface area contributed by atoms with Crippen LogP contribution in [0.3, 0.4) is 0 Å². The van der Waals surface area contributed by atoms with E-state index in [1.165, 1.54) is 6.33 Å². The van der Waals surface area contributed by atoms with E-state index < -0.39 is 17.5 Å². The van der Waals surface area contributed by atoms with Crippen LogP contribution in [0.4, 0.5) is 5.82 Å². The van der Waals surface area contributed by atoms with Crippen LogP contribution in [0.5, 0.6) is 5.75 Å². The van der Waals surface area contributed by atoms with Gasteiger partial charge in [0, 0.05) is 26.3 Å². The molecule has 0 bridgehead atoms. The van der Waals surface area contributed by atoms with Crippen LogP contribution in [0.15, 0.2) is 36.7 Å². The maximum Gasteiger partial charge on any atom is 0.314 e. The van der Waals surface area contributed by atoms with E-state index in [-0.39, 0.29) is 13.0 Å². The monoisotopic (exact) mass is 387 g/mol. The maximum absolute atomic E-state index is 12.3. The number of ether oxygens (including phenoxy) is 2. The Kier molecular flexibility index (Phi) is 6.11. The van der Waals surface area contributed by atoms with Crippen molar-refractivity contribution in [3.63, 3.8) is 0 Å². The molecule has 28 heavy (non-hydrogen) atoms. The molecule has 2 atom stereocenters. The number of nitrogens with zero attached hydrogens (tertiary/aromatic N) is 3. The molecule has 1 aliphatic heterocycles. The molecule has 0 radical (unpaired) electrons. The summed E-state index contributed by atoms with van der Waals surface area (Å²) in [5.74, 6) is 0.254. The van der Waals surface area contributed by atoms with Crippen LogP contribution in [0.2, 0.25) is 0 Å². The second-order valence-corrected chi connectivity index (χ2v) is 7.02. The van der Waals surface area contributed by atoms with Crippen molar-refractivity contribution in [3.05, 3.63) is 47.9 Å². The highest BCUT2D eigenvalue weighted by Crippen LogP contribution is 2.36. The second kappa shape index (κ2) is 8.53. The summed E-state index contributed by atoms with van der Waals surface area (Å²) in [6.07, 6.45) is 1.000. The number of aliphatic hydroxyl groups excluding tert-OH is 1. The number of hydrogen-bond donors (Lipinski definition) is 2. The predicted molar refractivity (Wildman–Crippen MR) is 102 cm³/mol. The number of aliphatic hydroxyl groups is 1.